The van der Waals surface area contributed by atoms with Crippen LogP contribution in [-0.4, -0.2) is 24.2 Å². The first kappa shape index (κ1) is 10.0. The van der Waals surface area contributed by atoms with Gasteiger partial charge in [-0.05, 0) is 25.8 Å². The molecule has 2 heteroatoms. The van der Waals surface area contributed by atoms with Crippen LogP contribution in [0.2, 0.25) is 0 Å². The van der Waals surface area contributed by atoms with E-state index in [9.17, 15) is 0 Å². The van der Waals surface area contributed by atoms with E-state index in [2.05, 4.69) is 11.8 Å². The number of rotatable bonds is 4. The molecule has 0 aromatic carbocycles. The van der Waals surface area contributed by atoms with E-state index in [1.54, 1.807) is 0 Å². The maximum Gasteiger partial charge on any atom is 0.0617 e. The number of nitrogens with zero attached hydrogens (tertiary/aromatic N) is 1. The SMILES string of the molecule is CCCN(C[NH])C1CCCCC1. The Morgan fingerprint density at radius 3 is 2.42 bits per heavy atom. The molecule has 0 unspecified atom stereocenters. The molecule has 2 nitrogen and oxygen atoms in total. The summed E-state index contributed by atoms with van der Waals surface area (Å²) in [5, 5.41) is 0. The van der Waals surface area contributed by atoms with Crippen LogP contribution in [0.25, 0.3) is 0 Å². The highest BCUT2D eigenvalue weighted by atomic mass is 15.2. The zero-order valence-corrected chi connectivity index (χ0v) is 8.18. The first-order valence-electron chi connectivity index (χ1n) is 5.27. The van der Waals surface area contributed by atoms with Crippen molar-refractivity contribution in [2.45, 2.75) is 51.5 Å². The molecule has 0 bridgehead atoms. The third kappa shape index (κ3) is 2.76. The Kier molecular flexibility index (Phi) is 4.62. The van der Waals surface area contributed by atoms with Crippen LogP contribution in [0.5, 0.6) is 0 Å². The van der Waals surface area contributed by atoms with Gasteiger partial charge in [0.25, 0.3) is 0 Å². The zero-order chi connectivity index (χ0) is 8.81. The quantitative estimate of drug-likeness (QED) is 0.634. The Hall–Kier alpha value is -0.0800. The number of nitrogens with one attached hydrogen (secondary N) is 1. The second kappa shape index (κ2) is 5.55. The van der Waals surface area contributed by atoms with Crippen LogP contribution < -0.4 is 5.73 Å². The summed E-state index contributed by atoms with van der Waals surface area (Å²) in [6, 6.07) is 0.733. The van der Waals surface area contributed by atoms with Crippen LogP contribution in [0.15, 0.2) is 0 Å². The summed E-state index contributed by atoms with van der Waals surface area (Å²) in [4.78, 5) is 2.33. The lowest BCUT2D eigenvalue weighted by Crippen LogP contribution is -2.38. The highest BCUT2D eigenvalue weighted by Crippen LogP contribution is 2.21. The van der Waals surface area contributed by atoms with Gasteiger partial charge in [-0.25, -0.2) is 5.73 Å². The highest BCUT2D eigenvalue weighted by Gasteiger charge is 2.18. The van der Waals surface area contributed by atoms with Crippen molar-refractivity contribution in [2.75, 3.05) is 13.2 Å². The normalized spacial score (nSPS) is 20.2. The molecule has 0 heterocycles. The number of hydrogen-bond acceptors (Lipinski definition) is 1. The summed E-state index contributed by atoms with van der Waals surface area (Å²) in [7, 11) is 0. The molecule has 71 valence electrons. The van der Waals surface area contributed by atoms with E-state index in [0.717, 1.165) is 12.6 Å². The smallest absolute Gasteiger partial charge is 0.0617 e. The lowest BCUT2D eigenvalue weighted by atomic mass is 9.94. The monoisotopic (exact) mass is 169 g/mol. The van der Waals surface area contributed by atoms with Gasteiger partial charge in [-0.15, -0.1) is 0 Å². The molecule has 0 saturated heterocycles. The fourth-order valence-electron chi connectivity index (χ4n) is 2.12. The maximum absolute atomic E-state index is 7.43. The van der Waals surface area contributed by atoms with Crippen molar-refractivity contribution in [2.24, 2.45) is 0 Å². The minimum Gasteiger partial charge on any atom is -0.287 e. The molecule has 0 aromatic heterocycles. The summed E-state index contributed by atoms with van der Waals surface area (Å²) in [5.41, 5.74) is 7.43. The lowest BCUT2D eigenvalue weighted by Gasteiger charge is -2.32. The van der Waals surface area contributed by atoms with E-state index in [1.807, 2.05) is 0 Å². The Morgan fingerprint density at radius 1 is 1.25 bits per heavy atom. The van der Waals surface area contributed by atoms with Crippen molar-refractivity contribution >= 4 is 0 Å². The van der Waals surface area contributed by atoms with Crippen molar-refractivity contribution in [3.8, 4) is 0 Å². The number of hydrogen-bond donors (Lipinski definition) is 0. The minimum atomic E-state index is 0.499. The third-order valence-corrected chi connectivity index (χ3v) is 2.81. The van der Waals surface area contributed by atoms with Gasteiger partial charge in [0.15, 0.2) is 0 Å². The predicted molar refractivity (Wildman–Crippen MR) is 51.8 cm³/mol. The van der Waals surface area contributed by atoms with Crippen molar-refractivity contribution < 1.29 is 0 Å². The first-order chi connectivity index (χ1) is 5.88. The van der Waals surface area contributed by atoms with Crippen LogP contribution in [0.4, 0.5) is 0 Å². The average Bonchev–Trinajstić information content (AvgIpc) is 2.15. The molecule has 12 heavy (non-hydrogen) atoms. The van der Waals surface area contributed by atoms with Gasteiger partial charge in [0, 0.05) is 6.04 Å². The van der Waals surface area contributed by atoms with Crippen molar-refractivity contribution in [3.05, 3.63) is 0 Å². The molecule has 1 saturated carbocycles. The van der Waals surface area contributed by atoms with Gasteiger partial charge in [0.05, 0.1) is 6.67 Å². The Labute approximate surface area is 76.1 Å². The van der Waals surface area contributed by atoms with Gasteiger partial charge in [-0.3, -0.25) is 4.90 Å². The molecule has 0 spiro atoms. The Balaban J connectivity index is 2.29. The standard InChI is InChI=1S/C10H21N2/c1-2-8-12(9-11)10-6-4-3-5-7-10/h10-11H,2-9H2,1H3. The van der Waals surface area contributed by atoms with E-state index >= 15 is 0 Å². The summed E-state index contributed by atoms with van der Waals surface area (Å²) < 4.78 is 0. The van der Waals surface area contributed by atoms with Crippen molar-refractivity contribution in [1.82, 2.24) is 10.6 Å². The van der Waals surface area contributed by atoms with E-state index in [1.165, 1.54) is 38.5 Å². The van der Waals surface area contributed by atoms with Crippen molar-refractivity contribution in [3.63, 3.8) is 0 Å². The molecule has 1 rings (SSSR count). The molecule has 1 fully saturated rings. The largest absolute Gasteiger partial charge is 0.287 e. The van der Waals surface area contributed by atoms with E-state index < -0.39 is 0 Å². The minimum absolute atomic E-state index is 0.499. The fourth-order valence-corrected chi connectivity index (χ4v) is 2.12. The predicted octanol–water partition coefficient (Wildman–Crippen LogP) is 2.27. The van der Waals surface area contributed by atoms with E-state index in [4.69, 9.17) is 5.73 Å². The zero-order valence-electron chi connectivity index (χ0n) is 8.18. The van der Waals surface area contributed by atoms with Gasteiger partial charge in [0.1, 0.15) is 0 Å². The van der Waals surface area contributed by atoms with Crippen molar-refractivity contribution in [1.29, 1.82) is 0 Å². The van der Waals surface area contributed by atoms with Gasteiger partial charge < -0.3 is 0 Å². The second-order valence-electron chi connectivity index (χ2n) is 3.76. The molecule has 0 aromatic rings. The molecule has 1 aliphatic carbocycles. The summed E-state index contributed by atoms with van der Waals surface area (Å²) in [6.07, 6.45) is 8.03. The molecule has 1 N–H and O–H groups in total. The topological polar surface area (TPSA) is 27.0 Å². The summed E-state index contributed by atoms with van der Waals surface area (Å²) >= 11 is 0. The summed E-state index contributed by atoms with van der Waals surface area (Å²) in [6.45, 7) is 3.82. The van der Waals surface area contributed by atoms with Crippen LogP contribution in [0, 0.1) is 0 Å². The summed E-state index contributed by atoms with van der Waals surface area (Å²) in [5.74, 6) is 0. The molecule has 1 aliphatic rings. The molecule has 0 atom stereocenters. The molecule has 0 aliphatic heterocycles. The van der Waals surface area contributed by atoms with Gasteiger partial charge in [-0.1, -0.05) is 26.2 Å². The molecular weight excluding hydrogens is 148 g/mol. The lowest BCUT2D eigenvalue weighted by molar-refractivity contribution is 0.157. The second-order valence-corrected chi connectivity index (χ2v) is 3.76. The Bertz CT molecular complexity index is 106. The van der Waals surface area contributed by atoms with Crippen LogP contribution in [-0.2, 0) is 0 Å². The van der Waals surface area contributed by atoms with Crippen LogP contribution in [0.1, 0.15) is 45.4 Å². The van der Waals surface area contributed by atoms with E-state index in [-0.39, 0.29) is 0 Å². The average molecular weight is 169 g/mol. The fraction of sp³-hybridized carbons (Fsp3) is 1.00. The third-order valence-electron chi connectivity index (χ3n) is 2.81. The van der Waals surface area contributed by atoms with Gasteiger partial charge in [-0.2, -0.15) is 0 Å². The first-order valence-corrected chi connectivity index (χ1v) is 5.27. The Morgan fingerprint density at radius 2 is 1.92 bits per heavy atom. The van der Waals surface area contributed by atoms with Crippen LogP contribution >= 0.6 is 0 Å². The van der Waals surface area contributed by atoms with Crippen LogP contribution in [0.3, 0.4) is 0 Å². The van der Waals surface area contributed by atoms with E-state index in [0.29, 0.717) is 6.67 Å². The maximum atomic E-state index is 7.43. The molecular formula is C10H21N2. The molecule has 1 radical (unpaired) electrons. The van der Waals surface area contributed by atoms with Gasteiger partial charge in [0.2, 0.25) is 0 Å². The van der Waals surface area contributed by atoms with Gasteiger partial charge >= 0.3 is 0 Å². The highest BCUT2D eigenvalue weighted by molar-refractivity contribution is 4.74. The molecule has 0 amide bonds.